The third kappa shape index (κ3) is 2.90. The van der Waals surface area contributed by atoms with Crippen LogP contribution in [0.5, 0.6) is 5.75 Å². The predicted molar refractivity (Wildman–Crippen MR) is 77.7 cm³/mol. The topological polar surface area (TPSA) is 66.0 Å². The van der Waals surface area contributed by atoms with Gasteiger partial charge in [-0.15, -0.1) is 10.2 Å². The Morgan fingerprint density at radius 2 is 2.16 bits per heavy atom. The minimum absolute atomic E-state index is 0.585. The number of nitrogen functional groups attached to an aromatic ring is 1. The third-order valence-electron chi connectivity index (χ3n) is 2.46. The number of nitrogens with zero attached hydrogens (tertiary/aromatic N) is 3. The second kappa shape index (κ2) is 5.79. The molecule has 2 aromatic rings. The van der Waals surface area contributed by atoms with Crippen LogP contribution in [0.25, 0.3) is 11.4 Å². The lowest BCUT2D eigenvalue weighted by atomic mass is 10.2. The number of ether oxygens (including phenoxy) is 1. The first-order valence-electron chi connectivity index (χ1n) is 5.74. The highest BCUT2D eigenvalue weighted by molar-refractivity contribution is 7.99. The van der Waals surface area contributed by atoms with Gasteiger partial charge in [-0.3, -0.25) is 0 Å². The number of aromatic nitrogens is 3. The van der Waals surface area contributed by atoms with Gasteiger partial charge in [0.1, 0.15) is 5.75 Å². The van der Waals surface area contributed by atoms with Crippen molar-refractivity contribution in [1.29, 1.82) is 0 Å². The summed E-state index contributed by atoms with van der Waals surface area (Å²) < 4.78 is 6.78. The molecule has 0 amide bonds. The lowest BCUT2D eigenvalue weighted by Gasteiger charge is -2.07. The molecule has 0 radical (unpaired) electrons. The molecule has 0 bridgehead atoms. The Hall–Kier alpha value is -1.95. The summed E-state index contributed by atoms with van der Waals surface area (Å²) in [5.41, 5.74) is 1.88. The Bertz CT molecular complexity index is 594. The SMILES string of the molecule is C=C(C)CSc1nnc(-c2ccccc2OC)n1N. The van der Waals surface area contributed by atoms with Crippen molar-refractivity contribution < 1.29 is 4.74 Å². The molecule has 6 heteroatoms. The Labute approximate surface area is 116 Å². The van der Waals surface area contributed by atoms with Crippen LogP contribution in [-0.4, -0.2) is 27.7 Å². The summed E-state index contributed by atoms with van der Waals surface area (Å²) >= 11 is 1.51. The number of benzene rings is 1. The lowest BCUT2D eigenvalue weighted by molar-refractivity contribution is 0.416. The smallest absolute Gasteiger partial charge is 0.210 e. The molecule has 1 aromatic carbocycles. The van der Waals surface area contributed by atoms with Crippen LogP contribution >= 0.6 is 11.8 Å². The van der Waals surface area contributed by atoms with Crippen molar-refractivity contribution in [2.45, 2.75) is 12.1 Å². The monoisotopic (exact) mass is 276 g/mol. The van der Waals surface area contributed by atoms with E-state index in [2.05, 4.69) is 16.8 Å². The fourth-order valence-electron chi connectivity index (χ4n) is 1.58. The zero-order chi connectivity index (χ0) is 13.8. The van der Waals surface area contributed by atoms with E-state index in [1.807, 2.05) is 31.2 Å². The van der Waals surface area contributed by atoms with E-state index in [1.54, 1.807) is 7.11 Å². The van der Waals surface area contributed by atoms with E-state index >= 15 is 0 Å². The van der Waals surface area contributed by atoms with Crippen LogP contribution in [0.2, 0.25) is 0 Å². The highest BCUT2D eigenvalue weighted by Gasteiger charge is 2.15. The molecule has 5 nitrogen and oxygen atoms in total. The van der Waals surface area contributed by atoms with E-state index < -0.39 is 0 Å². The summed E-state index contributed by atoms with van der Waals surface area (Å²) in [6.45, 7) is 5.82. The maximum absolute atomic E-state index is 6.03. The number of nitrogens with two attached hydrogens (primary N) is 1. The van der Waals surface area contributed by atoms with Crippen LogP contribution in [-0.2, 0) is 0 Å². The predicted octanol–water partition coefficient (Wildman–Crippen LogP) is 2.34. The number of hydrogen-bond donors (Lipinski definition) is 1. The second-order valence-corrected chi connectivity index (χ2v) is 5.06. The molecule has 0 aliphatic carbocycles. The van der Waals surface area contributed by atoms with E-state index in [4.69, 9.17) is 10.6 Å². The van der Waals surface area contributed by atoms with E-state index in [-0.39, 0.29) is 0 Å². The fourth-order valence-corrected chi connectivity index (χ4v) is 2.28. The molecule has 0 spiro atoms. The molecule has 19 heavy (non-hydrogen) atoms. The molecule has 0 aliphatic rings. The van der Waals surface area contributed by atoms with Crippen molar-refractivity contribution >= 4 is 11.8 Å². The molecule has 0 unspecified atom stereocenters. The van der Waals surface area contributed by atoms with Crippen molar-refractivity contribution in [2.24, 2.45) is 0 Å². The Kier molecular flexibility index (Phi) is 4.11. The number of para-hydroxylation sites is 1. The van der Waals surface area contributed by atoms with Crippen LogP contribution < -0.4 is 10.6 Å². The summed E-state index contributed by atoms with van der Waals surface area (Å²) in [6, 6.07) is 7.58. The van der Waals surface area contributed by atoms with Gasteiger partial charge in [-0.1, -0.05) is 36.0 Å². The molecule has 1 heterocycles. The van der Waals surface area contributed by atoms with E-state index in [0.29, 0.717) is 11.0 Å². The van der Waals surface area contributed by atoms with Crippen molar-refractivity contribution in [2.75, 3.05) is 18.7 Å². The molecule has 2 rings (SSSR count). The number of rotatable bonds is 5. The van der Waals surface area contributed by atoms with Crippen molar-refractivity contribution in [3.8, 4) is 17.1 Å². The normalized spacial score (nSPS) is 10.4. The van der Waals surface area contributed by atoms with Crippen molar-refractivity contribution in [3.63, 3.8) is 0 Å². The second-order valence-electron chi connectivity index (χ2n) is 4.12. The average molecular weight is 276 g/mol. The quantitative estimate of drug-likeness (QED) is 0.516. The zero-order valence-corrected chi connectivity index (χ0v) is 11.8. The van der Waals surface area contributed by atoms with Crippen LogP contribution in [0.3, 0.4) is 0 Å². The van der Waals surface area contributed by atoms with Crippen molar-refractivity contribution in [1.82, 2.24) is 14.9 Å². The van der Waals surface area contributed by atoms with Gasteiger partial charge in [0.25, 0.3) is 0 Å². The van der Waals surface area contributed by atoms with E-state index in [0.717, 1.165) is 22.6 Å². The van der Waals surface area contributed by atoms with Gasteiger partial charge in [-0.05, 0) is 19.1 Å². The third-order valence-corrected chi connectivity index (χ3v) is 3.63. The van der Waals surface area contributed by atoms with Gasteiger partial charge in [-0.2, -0.15) is 0 Å². The molecule has 0 atom stereocenters. The fraction of sp³-hybridized carbons (Fsp3) is 0.231. The number of methoxy groups -OCH3 is 1. The number of hydrogen-bond acceptors (Lipinski definition) is 5. The Morgan fingerprint density at radius 3 is 2.84 bits per heavy atom. The molecule has 2 N–H and O–H groups in total. The van der Waals surface area contributed by atoms with Gasteiger partial charge in [-0.25, -0.2) is 4.68 Å². The Balaban J connectivity index is 2.33. The maximum Gasteiger partial charge on any atom is 0.210 e. The molecule has 0 aliphatic heterocycles. The summed E-state index contributed by atoms with van der Waals surface area (Å²) in [4.78, 5) is 0. The lowest BCUT2D eigenvalue weighted by Crippen LogP contribution is -2.12. The van der Waals surface area contributed by atoms with Gasteiger partial charge in [0.05, 0.1) is 12.7 Å². The van der Waals surface area contributed by atoms with Crippen LogP contribution in [0.4, 0.5) is 0 Å². The van der Waals surface area contributed by atoms with Crippen LogP contribution in [0.1, 0.15) is 6.92 Å². The minimum atomic E-state index is 0.585. The van der Waals surface area contributed by atoms with E-state index in [1.165, 1.54) is 16.4 Å². The summed E-state index contributed by atoms with van der Waals surface area (Å²) in [5.74, 6) is 8.10. The maximum atomic E-state index is 6.03. The molecular weight excluding hydrogens is 260 g/mol. The Morgan fingerprint density at radius 1 is 1.42 bits per heavy atom. The first kappa shape index (κ1) is 13.5. The highest BCUT2D eigenvalue weighted by Crippen LogP contribution is 2.29. The summed E-state index contributed by atoms with van der Waals surface area (Å²) in [6.07, 6.45) is 0. The van der Waals surface area contributed by atoms with Crippen molar-refractivity contribution in [3.05, 3.63) is 36.4 Å². The molecule has 1 aromatic heterocycles. The van der Waals surface area contributed by atoms with Crippen LogP contribution in [0, 0.1) is 0 Å². The van der Waals surface area contributed by atoms with Gasteiger partial charge < -0.3 is 10.6 Å². The average Bonchev–Trinajstić information content (AvgIpc) is 2.77. The zero-order valence-electron chi connectivity index (χ0n) is 11.0. The largest absolute Gasteiger partial charge is 0.496 e. The molecule has 0 saturated carbocycles. The molecule has 100 valence electrons. The summed E-state index contributed by atoms with van der Waals surface area (Å²) in [5, 5.41) is 8.88. The molecule has 0 saturated heterocycles. The standard InChI is InChI=1S/C13H16N4OS/c1-9(2)8-19-13-16-15-12(17(13)14)10-6-4-5-7-11(10)18-3/h4-7H,1,8,14H2,2-3H3. The number of thioether (sulfide) groups is 1. The summed E-state index contributed by atoms with van der Waals surface area (Å²) in [7, 11) is 1.62. The minimum Gasteiger partial charge on any atom is -0.496 e. The van der Waals surface area contributed by atoms with Crippen LogP contribution in [0.15, 0.2) is 41.6 Å². The van der Waals surface area contributed by atoms with Gasteiger partial charge >= 0.3 is 0 Å². The van der Waals surface area contributed by atoms with Gasteiger partial charge in [0, 0.05) is 5.75 Å². The van der Waals surface area contributed by atoms with Gasteiger partial charge in [0.2, 0.25) is 5.16 Å². The molecule has 0 fully saturated rings. The first-order valence-corrected chi connectivity index (χ1v) is 6.73. The molecular formula is C13H16N4OS. The van der Waals surface area contributed by atoms with Gasteiger partial charge in [0.15, 0.2) is 5.82 Å². The van der Waals surface area contributed by atoms with E-state index in [9.17, 15) is 0 Å². The highest BCUT2D eigenvalue weighted by atomic mass is 32.2. The first-order chi connectivity index (χ1) is 9.13.